The summed E-state index contributed by atoms with van der Waals surface area (Å²) in [5, 5.41) is 3.09. The summed E-state index contributed by atoms with van der Waals surface area (Å²) in [6, 6.07) is 14.4. The quantitative estimate of drug-likeness (QED) is 0.718. The largest absolute Gasteiger partial charge is 0.481 e. The number of aryl methyl sites for hydroxylation is 2. The molecule has 2 aromatic carbocycles. The second kappa shape index (κ2) is 8.60. The van der Waals surface area contributed by atoms with Crippen LogP contribution in [0.15, 0.2) is 42.5 Å². The van der Waals surface area contributed by atoms with E-state index in [9.17, 15) is 4.79 Å². The van der Waals surface area contributed by atoms with Gasteiger partial charge in [0.2, 0.25) is 0 Å². The van der Waals surface area contributed by atoms with Crippen LogP contribution in [0.1, 0.15) is 69.3 Å². The molecule has 0 aliphatic rings. The molecule has 0 fully saturated rings. The van der Waals surface area contributed by atoms with Crippen molar-refractivity contribution in [3.63, 3.8) is 0 Å². The van der Waals surface area contributed by atoms with Gasteiger partial charge in [0.05, 0.1) is 6.04 Å². The molecule has 0 radical (unpaired) electrons. The highest BCUT2D eigenvalue weighted by Gasteiger charge is 2.21. The van der Waals surface area contributed by atoms with Gasteiger partial charge in [-0.15, -0.1) is 0 Å². The summed E-state index contributed by atoms with van der Waals surface area (Å²) in [5.41, 5.74) is 4.77. The van der Waals surface area contributed by atoms with Crippen molar-refractivity contribution in [2.45, 2.75) is 72.4 Å². The van der Waals surface area contributed by atoms with Gasteiger partial charge in [0.15, 0.2) is 6.10 Å². The average Bonchev–Trinajstić information content (AvgIpc) is 2.58. The van der Waals surface area contributed by atoms with Gasteiger partial charge in [-0.3, -0.25) is 4.79 Å². The number of benzene rings is 2. The molecule has 3 heteroatoms. The third-order valence-electron chi connectivity index (χ3n) is 4.77. The Morgan fingerprint density at radius 1 is 1.04 bits per heavy atom. The lowest BCUT2D eigenvalue weighted by Gasteiger charge is -2.23. The lowest BCUT2D eigenvalue weighted by Crippen LogP contribution is -2.39. The molecule has 0 spiro atoms. The van der Waals surface area contributed by atoms with Crippen molar-refractivity contribution in [3.05, 3.63) is 64.7 Å². The van der Waals surface area contributed by atoms with E-state index in [0.29, 0.717) is 6.42 Å². The highest BCUT2D eigenvalue weighted by Crippen LogP contribution is 2.24. The van der Waals surface area contributed by atoms with Gasteiger partial charge in [-0.2, -0.15) is 0 Å². The Kier molecular flexibility index (Phi) is 6.69. The Balaban J connectivity index is 2.04. The van der Waals surface area contributed by atoms with Gasteiger partial charge >= 0.3 is 0 Å². The molecule has 0 saturated carbocycles. The molecule has 2 rings (SSSR count). The van der Waals surface area contributed by atoms with Crippen LogP contribution in [0.4, 0.5) is 0 Å². The molecule has 3 nitrogen and oxygen atoms in total. The topological polar surface area (TPSA) is 38.3 Å². The fourth-order valence-electron chi connectivity index (χ4n) is 3.15. The Labute approximate surface area is 164 Å². The van der Waals surface area contributed by atoms with Crippen LogP contribution in [0.2, 0.25) is 0 Å². The van der Waals surface area contributed by atoms with Gasteiger partial charge < -0.3 is 10.1 Å². The first kappa shape index (κ1) is 21.0. The second-order valence-electron chi connectivity index (χ2n) is 8.44. The fourth-order valence-corrected chi connectivity index (χ4v) is 3.15. The minimum atomic E-state index is -0.498. The molecule has 0 aromatic heterocycles. The zero-order valence-corrected chi connectivity index (χ0v) is 17.7. The van der Waals surface area contributed by atoms with Gasteiger partial charge in [0.1, 0.15) is 5.75 Å². The molecule has 1 N–H and O–H groups in total. The summed E-state index contributed by atoms with van der Waals surface area (Å²) in [7, 11) is 0. The summed E-state index contributed by atoms with van der Waals surface area (Å²) in [5.74, 6) is 0.667. The van der Waals surface area contributed by atoms with Crippen LogP contribution >= 0.6 is 0 Å². The van der Waals surface area contributed by atoms with Gasteiger partial charge in [-0.25, -0.2) is 0 Å². The smallest absolute Gasteiger partial charge is 0.261 e. The Hall–Kier alpha value is -2.29. The molecule has 0 bridgehead atoms. The van der Waals surface area contributed by atoms with Gasteiger partial charge in [-0.05, 0) is 67.0 Å². The lowest BCUT2D eigenvalue weighted by molar-refractivity contribution is -0.128. The van der Waals surface area contributed by atoms with Crippen molar-refractivity contribution in [1.29, 1.82) is 0 Å². The van der Waals surface area contributed by atoms with Crippen LogP contribution in [0.5, 0.6) is 5.75 Å². The summed E-state index contributed by atoms with van der Waals surface area (Å²) in [6.45, 7) is 14.6. The number of carbonyl (C=O) groups is 1. The zero-order chi connectivity index (χ0) is 20.2. The van der Waals surface area contributed by atoms with E-state index < -0.39 is 6.10 Å². The third kappa shape index (κ3) is 5.85. The minimum Gasteiger partial charge on any atom is -0.481 e. The maximum absolute atomic E-state index is 12.7. The molecule has 1 amide bonds. The van der Waals surface area contributed by atoms with Gasteiger partial charge in [0, 0.05) is 0 Å². The second-order valence-corrected chi connectivity index (χ2v) is 8.44. The number of ether oxygens (including phenoxy) is 1. The van der Waals surface area contributed by atoms with E-state index in [1.165, 1.54) is 5.56 Å². The molecule has 2 atom stereocenters. The number of carbonyl (C=O) groups excluding carboxylic acids is 1. The van der Waals surface area contributed by atoms with Crippen LogP contribution in [-0.2, 0) is 10.2 Å². The van der Waals surface area contributed by atoms with E-state index >= 15 is 0 Å². The minimum absolute atomic E-state index is 0.0663. The average molecular weight is 368 g/mol. The Bertz CT molecular complexity index is 752. The van der Waals surface area contributed by atoms with Gasteiger partial charge in [-0.1, -0.05) is 58.0 Å². The standard InChI is InChI=1S/C24H33NO2/c1-8-22(27-21-14-16(2)13-17(3)15-21)23(26)25-18(4)19-9-11-20(12-10-19)24(5,6)7/h9-15,18,22H,8H2,1-7H3,(H,25,26). The molecular formula is C24H33NO2. The first-order chi connectivity index (χ1) is 12.6. The molecule has 146 valence electrons. The molecule has 27 heavy (non-hydrogen) atoms. The van der Waals surface area contributed by atoms with E-state index in [0.717, 1.165) is 22.4 Å². The zero-order valence-electron chi connectivity index (χ0n) is 17.7. The van der Waals surface area contributed by atoms with E-state index in [1.807, 2.05) is 39.8 Å². The highest BCUT2D eigenvalue weighted by atomic mass is 16.5. The van der Waals surface area contributed by atoms with Crippen LogP contribution in [0.25, 0.3) is 0 Å². The van der Waals surface area contributed by atoms with Crippen LogP contribution in [-0.4, -0.2) is 12.0 Å². The monoisotopic (exact) mass is 367 g/mol. The van der Waals surface area contributed by atoms with Crippen molar-refractivity contribution in [2.75, 3.05) is 0 Å². The number of amides is 1. The first-order valence-corrected chi connectivity index (χ1v) is 9.76. The molecule has 2 aromatic rings. The lowest BCUT2D eigenvalue weighted by atomic mass is 9.86. The van der Waals surface area contributed by atoms with Crippen LogP contribution in [0, 0.1) is 13.8 Å². The first-order valence-electron chi connectivity index (χ1n) is 9.76. The van der Waals surface area contributed by atoms with E-state index in [2.05, 4.69) is 56.4 Å². The summed E-state index contributed by atoms with van der Waals surface area (Å²) in [6.07, 6.45) is 0.122. The number of hydrogen-bond acceptors (Lipinski definition) is 2. The summed E-state index contributed by atoms with van der Waals surface area (Å²) in [4.78, 5) is 12.7. The molecule has 2 unspecified atom stereocenters. The normalized spacial score (nSPS) is 13.7. The van der Waals surface area contributed by atoms with E-state index in [4.69, 9.17) is 4.74 Å². The van der Waals surface area contributed by atoms with Gasteiger partial charge in [0.25, 0.3) is 5.91 Å². The number of rotatable bonds is 6. The molecule has 0 heterocycles. The molecule has 0 saturated heterocycles. The predicted octanol–water partition coefficient (Wildman–Crippen LogP) is 5.64. The Morgan fingerprint density at radius 3 is 2.07 bits per heavy atom. The van der Waals surface area contributed by atoms with Crippen molar-refractivity contribution < 1.29 is 9.53 Å². The van der Waals surface area contributed by atoms with E-state index in [-0.39, 0.29) is 17.4 Å². The molecule has 0 aliphatic heterocycles. The van der Waals surface area contributed by atoms with Crippen molar-refractivity contribution in [3.8, 4) is 5.75 Å². The summed E-state index contributed by atoms with van der Waals surface area (Å²) < 4.78 is 5.98. The van der Waals surface area contributed by atoms with Crippen molar-refractivity contribution in [2.24, 2.45) is 0 Å². The number of nitrogens with one attached hydrogen (secondary N) is 1. The third-order valence-corrected chi connectivity index (χ3v) is 4.77. The van der Waals surface area contributed by atoms with Crippen molar-refractivity contribution >= 4 is 5.91 Å². The molecule has 0 aliphatic carbocycles. The maximum atomic E-state index is 12.7. The van der Waals surface area contributed by atoms with E-state index in [1.54, 1.807) is 0 Å². The Morgan fingerprint density at radius 2 is 1.59 bits per heavy atom. The van der Waals surface area contributed by atoms with Crippen LogP contribution < -0.4 is 10.1 Å². The highest BCUT2D eigenvalue weighted by molar-refractivity contribution is 5.81. The molecular weight excluding hydrogens is 334 g/mol. The predicted molar refractivity (Wildman–Crippen MR) is 112 cm³/mol. The maximum Gasteiger partial charge on any atom is 0.261 e. The SMILES string of the molecule is CCC(Oc1cc(C)cc(C)c1)C(=O)NC(C)c1ccc(C(C)(C)C)cc1. The fraction of sp³-hybridized carbons (Fsp3) is 0.458. The van der Waals surface area contributed by atoms with Crippen LogP contribution in [0.3, 0.4) is 0 Å². The summed E-state index contributed by atoms with van der Waals surface area (Å²) >= 11 is 0. The number of hydrogen-bond donors (Lipinski definition) is 1. The van der Waals surface area contributed by atoms with Crippen molar-refractivity contribution in [1.82, 2.24) is 5.32 Å².